The minimum Gasteiger partial charge on any atom is -0.454 e. The van der Waals surface area contributed by atoms with Crippen molar-refractivity contribution in [1.29, 1.82) is 0 Å². The van der Waals surface area contributed by atoms with E-state index in [9.17, 15) is 4.79 Å². The van der Waals surface area contributed by atoms with Crippen molar-refractivity contribution >= 4 is 46.2 Å². The zero-order chi connectivity index (χ0) is 28.8. The van der Waals surface area contributed by atoms with E-state index in [0.29, 0.717) is 15.8 Å². The van der Waals surface area contributed by atoms with Gasteiger partial charge >= 0.3 is 0 Å². The first-order chi connectivity index (χ1) is 19.7. The number of nitrogens with zero attached hydrogens (tertiary/aromatic N) is 3. The predicted molar refractivity (Wildman–Crippen MR) is 164 cm³/mol. The third-order valence-corrected chi connectivity index (χ3v) is 8.14. The minimum atomic E-state index is -0.224. The normalized spacial score (nSPS) is 17.7. The Morgan fingerprint density at radius 3 is 2.59 bits per heavy atom. The van der Waals surface area contributed by atoms with E-state index >= 15 is 0 Å². The molecular formula is C31H30ClN5O3S. The number of ether oxygens (including phenoxy) is 2. The molecule has 1 fully saturated rings. The Morgan fingerprint density at radius 2 is 1.85 bits per heavy atom. The maximum atomic E-state index is 12.3. The fourth-order valence-corrected chi connectivity index (χ4v) is 6.06. The summed E-state index contributed by atoms with van der Waals surface area (Å²) in [6.45, 7) is 8.11. The van der Waals surface area contributed by atoms with Crippen molar-refractivity contribution in [1.82, 2.24) is 14.9 Å². The molecule has 8 nitrogen and oxygen atoms in total. The number of aromatic nitrogens is 2. The topological polar surface area (TPSA) is 80.7 Å². The standard InChI is InChI=1S/C31H30ClN5O3S/c1-17(2)30(38)34-24-10-8-20(14-23(24)32)37-29(28(35-31(37)41)25-7-5-6-12-33-25)22-13-18(3)36(19(22)4)21-9-11-26-27(15-21)40-16-39-26/h5-15,17,28-29H,16H2,1-4H3,(H,34,38)(H,35,41)/t28-,29+/m1/s1. The lowest BCUT2D eigenvalue weighted by Gasteiger charge is -2.28. The van der Waals surface area contributed by atoms with Crippen LogP contribution in [0.2, 0.25) is 5.02 Å². The number of thiocarbonyl (C=S) groups is 1. The number of benzene rings is 2. The first kappa shape index (κ1) is 27.1. The molecule has 2 aromatic carbocycles. The lowest BCUT2D eigenvalue weighted by Crippen LogP contribution is -2.29. The molecular weight excluding hydrogens is 558 g/mol. The van der Waals surface area contributed by atoms with Crippen molar-refractivity contribution in [2.45, 2.75) is 39.8 Å². The molecule has 41 heavy (non-hydrogen) atoms. The number of aryl methyl sites for hydroxylation is 1. The average Bonchev–Trinajstić information content (AvgIpc) is 3.64. The van der Waals surface area contributed by atoms with Gasteiger partial charge in [0.1, 0.15) is 0 Å². The van der Waals surface area contributed by atoms with Gasteiger partial charge in [-0.25, -0.2) is 0 Å². The Labute approximate surface area is 249 Å². The highest BCUT2D eigenvalue weighted by Gasteiger charge is 2.42. The summed E-state index contributed by atoms with van der Waals surface area (Å²) in [7, 11) is 0. The number of fused-ring (bicyclic) bond motifs is 1. The van der Waals surface area contributed by atoms with Crippen LogP contribution in [-0.2, 0) is 4.79 Å². The summed E-state index contributed by atoms with van der Waals surface area (Å²) in [6.07, 6.45) is 1.79. The van der Waals surface area contributed by atoms with Crippen molar-refractivity contribution in [2.75, 3.05) is 17.0 Å². The van der Waals surface area contributed by atoms with Gasteiger partial charge in [-0.15, -0.1) is 0 Å². The third-order valence-electron chi connectivity index (χ3n) is 7.51. The van der Waals surface area contributed by atoms with Gasteiger partial charge in [-0.05, 0) is 80.2 Å². The zero-order valence-electron chi connectivity index (χ0n) is 23.1. The first-order valence-electron chi connectivity index (χ1n) is 13.4. The van der Waals surface area contributed by atoms with Crippen molar-refractivity contribution < 1.29 is 14.3 Å². The second kappa shape index (κ2) is 10.7. The van der Waals surface area contributed by atoms with E-state index in [1.165, 1.54) is 0 Å². The highest BCUT2D eigenvalue weighted by atomic mass is 35.5. The molecule has 2 aliphatic rings. The first-order valence-corrected chi connectivity index (χ1v) is 14.2. The number of carbonyl (C=O) groups is 1. The van der Waals surface area contributed by atoms with Crippen LogP contribution >= 0.6 is 23.8 Å². The molecule has 0 saturated carbocycles. The van der Waals surface area contributed by atoms with Crippen LogP contribution in [0.5, 0.6) is 11.5 Å². The number of halogens is 1. The van der Waals surface area contributed by atoms with Crippen LogP contribution in [0.25, 0.3) is 5.69 Å². The Bertz CT molecular complexity index is 1660. The number of hydrogen-bond acceptors (Lipinski definition) is 5. The molecule has 210 valence electrons. The molecule has 2 N–H and O–H groups in total. The molecule has 0 spiro atoms. The highest BCUT2D eigenvalue weighted by Crippen LogP contribution is 2.45. The van der Waals surface area contributed by atoms with Crippen LogP contribution in [0.15, 0.2) is 66.9 Å². The molecule has 0 unspecified atom stereocenters. The number of pyridine rings is 1. The Kier molecular flexibility index (Phi) is 7.09. The number of hydrogen-bond donors (Lipinski definition) is 2. The predicted octanol–water partition coefficient (Wildman–Crippen LogP) is 6.64. The lowest BCUT2D eigenvalue weighted by molar-refractivity contribution is -0.118. The quantitative estimate of drug-likeness (QED) is 0.245. The van der Waals surface area contributed by atoms with Gasteiger partial charge < -0.3 is 29.6 Å². The fraction of sp³-hybridized carbons (Fsp3) is 0.258. The van der Waals surface area contributed by atoms with Gasteiger partial charge in [-0.3, -0.25) is 9.78 Å². The van der Waals surface area contributed by atoms with E-state index in [-0.39, 0.29) is 30.7 Å². The molecule has 4 heterocycles. The molecule has 2 aromatic heterocycles. The molecule has 1 saturated heterocycles. The molecule has 0 aliphatic carbocycles. The van der Waals surface area contributed by atoms with Gasteiger partial charge in [0.15, 0.2) is 16.6 Å². The monoisotopic (exact) mass is 587 g/mol. The lowest BCUT2D eigenvalue weighted by atomic mass is 9.96. The summed E-state index contributed by atoms with van der Waals surface area (Å²) in [5.41, 5.74) is 6.46. The maximum Gasteiger partial charge on any atom is 0.231 e. The summed E-state index contributed by atoms with van der Waals surface area (Å²) in [5, 5.41) is 7.41. The number of nitrogens with one attached hydrogen (secondary N) is 2. The summed E-state index contributed by atoms with van der Waals surface area (Å²) < 4.78 is 13.4. The van der Waals surface area contributed by atoms with Gasteiger partial charge in [0.25, 0.3) is 0 Å². The van der Waals surface area contributed by atoms with Crippen LogP contribution in [-0.4, -0.2) is 27.4 Å². The molecule has 10 heteroatoms. The van der Waals surface area contributed by atoms with Crippen molar-refractivity contribution in [2.24, 2.45) is 5.92 Å². The van der Waals surface area contributed by atoms with E-state index in [4.69, 9.17) is 33.3 Å². The second-order valence-corrected chi connectivity index (χ2v) is 11.3. The number of anilines is 2. The third kappa shape index (κ3) is 4.89. The summed E-state index contributed by atoms with van der Waals surface area (Å²) in [5.74, 6) is 1.22. The van der Waals surface area contributed by atoms with Crippen LogP contribution in [0.4, 0.5) is 11.4 Å². The number of rotatable bonds is 6. The number of amides is 1. The maximum absolute atomic E-state index is 12.3. The van der Waals surface area contributed by atoms with Crippen LogP contribution in [0.3, 0.4) is 0 Å². The van der Waals surface area contributed by atoms with Gasteiger partial charge in [0.05, 0.1) is 28.5 Å². The Morgan fingerprint density at radius 1 is 1.07 bits per heavy atom. The van der Waals surface area contributed by atoms with E-state index < -0.39 is 0 Å². The summed E-state index contributed by atoms with van der Waals surface area (Å²) >= 11 is 12.6. The zero-order valence-corrected chi connectivity index (χ0v) is 24.7. The Balaban J connectivity index is 1.44. The molecule has 6 rings (SSSR count). The fourth-order valence-electron chi connectivity index (χ4n) is 5.49. The van der Waals surface area contributed by atoms with Gasteiger partial charge in [-0.1, -0.05) is 31.5 Å². The van der Waals surface area contributed by atoms with Crippen molar-refractivity contribution in [3.8, 4) is 17.2 Å². The summed E-state index contributed by atoms with van der Waals surface area (Å²) in [6, 6.07) is 19.2. The molecule has 2 aliphatic heterocycles. The van der Waals surface area contributed by atoms with Gasteiger partial charge in [-0.2, -0.15) is 0 Å². The van der Waals surface area contributed by atoms with Crippen LogP contribution in [0.1, 0.15) is 48.6 Å². The van der Waals surface area contributed by atoms with Crippen molar-refractivity contribution in [3.05, 3.63) is 94.5 Å². The molecule has 2 atom stereocenters. The van der Waals surface area contributed by atoms with E-state index in [1.54, 1.807) is 6.20 Å². The molecule has 0 bridgehead atoms. The van der Waals surface area contributed by atoms with E-state index in [1.807, 2.05) is 68.4 Å². The highest BCUT2D eigenvalue weighted by molar-refractivity contribution is 7.80. The molecule has 4 aromatic rings. The largest absolute Gasteiger partial charge is 0.454 e. The minimum absolute atomic E-state index is 0.0953. The van der Waals surface area contributed by atoms with Crippen LogP contribution < -0.4 is 25.0 Å². The smallest absolute Gasteiger partial charge is 0.231 e. The van der Waals surface area contributed by atoms with Crippen molar-refractivity contribution in [3.63, 3.8) is 0 Å². The van der Waals surface area contributed by atoms with Gasteiger partial charge in [0.2, 0.25) is 12.7 Å². The summed E-state index contributed by atoms with van der Waals surface area (Å²) in [4.78, 5) is 19.1. The molecule has 0 radical (unpaired) electrons. The number of carbonyl (C=O) groups excluding carboxylic acids is 1. The average molecular weight is 588 g/mol. The molecule has 1 amide bonds. The SMILES string of the molecule is Cc1cc([C@H]2[C@@H](c3ccccn3)NC(=S)N2c2ccc(NC(=O)C(C)C)c(Cl)c2)c(C)n1-c1ccc2c(c1)OCO2. The van der Waals surface area contributed by atoms with Crippen LogP contribution in [0, 0.1) is 19.8 Å². The Hall–Kier alpha value is -4.08. The van der Waals surface area contributed by atoms with Gasteiger partial charge in [0, 0.05) is 40.9 Å². The van der Waals surface area contributed by atoms with E-state index in [2.05, 4.69) is 45.0 Å². The second-order valence-electron chi connectivity index (χ2n) is 10.5. The van der Waals surface area contributed by atoms with E-state index in [0.717, 1.165) is 45.5 Å².